The Kier molecular flexibility index (Phi) is 3.54. The number of aryl methyl sites for hydroxylation is 2. The minimum absolute atomic E-state index is 0.142. The number of amides is 1. The standard InChI is InChI=1S/C18H16N4OS/c1-3-22-17-13(10-12-9-11(2)6-7-14(12)19-17)16(21-22)20-18(23)15-5-4-8-24-15/h4-10H,3H2,1-2H3,(H,20,21,23). The summed E-state index contributed by atoms with van der Waals surface area (Å²) in [6.07, 6.45) is 0. The van der Waals surface area contributed by atoms with Gasteiger partial charge in [0.25, 0.3) is 5.91 Å². The molecule has 1 aromatic carbocycles. The molecule has 0 aliphatic heterocycles. The lowest BCUT2D eigenvalue weighted by Crippen LogP contribution is -2.11. The maximum absolute atomic E-state index is 12.4. The number of fused-ring (bicyclic) bond motifs is 2. The predicted octanol–water partition coefficient (Wildman–Crippen LogP) is 4.23. The van der Waals surface area contributed by atoms with Crippen LogP contribution in [-0.2, 0) is 6.54 Å². The molecule has 0 spiro atoms. The lowest BCUT2D eigenvalue weighted by molar-refractivity contribution is 0.103. The van der Waals surface area contributed by atoms with Crippen LogP contribution in [0.15, 0.2) is 41.8 Å². The molecule has 0 saturated carbocycles. The van der Waals surface area contributed by atoms with Crippen molar-refractivity contribution in [2.24, 2.45) is 0 Å². The van der Waals surface area contributed by atoms with Crippen molar-refractivity contribution in [3.63, 3.8) is 0 Å². The SMILES string of the molecule is CCn1nc(NC(=O)c2cccs2)c2cc3cc(C)ccc3nc21. The normalized spacial score (nSPS) is 11.2. The summed E-state index contributed by atoms with van der Waals surface area (Å²) in [6.45, 7) is 4.76. The van der Waals surface area contributed by atoms with E-state index in [4.69, 9.17) is 4.98 Å². The predicted molar refractivity (Wildman–Crippen MR) is 97.7 cm³/mol. The minimum Gasteiger partial charge on any atom is -0.304 e. The summed E-state index contributed by atoms with van der Waals surface area (Å²) in [5.41, 5.74) is 2.89. The Morgan fingerprint density at radius 1 is 1.29 bits per heavy atom. The molecule has 0 unspecified atom stereocenters. The van der Waals surface area contributed by atoms with E-state index in [0.717, 1.165) is 21.9 Å². The zero-order valence-electron chi connectivity index (χ0n) is 13.4. The number of thiophene rings is 1. The summed E-state index contributed by atoms with van der Waals surface area (Å²) in [4.78, 5) is 17.8. The number of rotatable bonds is 3. The number of hydrogen-bond donors (Lipinski definition) is 1. The van der Waals surface area contributed by atoms with Gasteiger partial charge in [0.15, 0.2) is 11.5 Å². The fraction of sp³-hybridized carbons (Fsp3) is 0.167. The van der Waals surface area contributed by atoms with E-state index >= 15 is 0 Å². The van der Waals surface area contributed by atoms with Gasteiger partial charge in [0, 0.05) is 11.9 Å². The summed E-state index contributed by atoms with van der Waals surface area (Å²) >= 11 is 1.41. The van der Waals surface area contributed by atoms with Crippen molar-refractivity contribution in [1.29, 1.82) is 0 Å². The molecule has 4 rings (SSSR count). The molecule has 1 N–H and O–H groups in total. The average molecular weight is 336 g/mol. The maximum Gasteiger partial charge on any atom is 0.266 e. The molecular weight excluding hydrogens is 320 g/mol. The van der Waals surface area contributed by atoms with E-state index in [1.54, 1.807) is 6.07 Å². The lowest BCUT2D eigenvalue weighted by atomic mass is 10.1. The van der Waals surface area contributed by atoms with Crippen LogP contribution in [0.3, 0.4) is 0 Å². The number of benzene rings is 1. The van der Waals surface area contributed by atoms with Gasteiger partial charge in [-0.15, -0.1) is 11.3 Å². The zero-order valence-corrected chi connectivity index (χ0v) is 14.2. The van der Waals surface area contributed by atoms with Crippen molar-refractivity contribution in [3.8, 4) is 0 Å². The smallest absolute Gasteiger partial charge is 0.266 e. The van der Waals surface area contributed by atoms with Crippen LogP contribution in [0.1, 0.15) is 22.2 Å². The topological polar surface area (TPSA) is 59.8 Å². The van der Waals surface area contributed by atoms with E-state index < -0.39 is 0 Å². The highest BCUT2D eigenvalue weighted by Crippen LogP contribution is 2.27. The van der Waals surface area contributed by atoms with Gasteiger partial charge in [0.05, 0.1) is 15.8 Å². The van der Waals surface area contributed by atoms with Gasteiger partial charge in [-0.1, -0.05) is 17.7 Å². The Morgan fingerprint density at radius 2 is 2.17 bits per heavy atom. The van der Waals surface area contributed by atoms with Crippen molar-refractivity contribution in [2.75, 3.05) is 5.32 Å². The van der Waals surface area contributed by atoms with Crippen molar-refractivity contribution >= 4 is 45.0 Å². The van der Waals surface area contributed by atoms with Crippen LogP contribution in [0.5, 0.6) is 0 Å². The molecule has 0 saturated heterocycles. The van der Waals surface area contributed by atoms with E-state index in [1.807, 2.05) is 41.3 Å². The number of carbonyl (C=O) groups is 1. The third-order valence-corrected chi connectivity index (χ3v) is 4.82. The Hall–Kier alpha value is -2.73. The molecule has 6 heteroatoms. The molecule has 3 heterocycles. The lowest BCUT2D eigenvalue weighted by Gasteiger charge is -2.02. The first-order chi connectivity index (χ1) is 11.7. The quantitative estimate of drug-likeness (QED) is 0.609. The third-order valence-electron chi connectivity index (χ3n) is 3.95. The fourth-order valence-electron chi connectivity index (χ4n) is 2.77. The second-order valence-corrected chi connectivity index (χ2v) is 6.60. The summed E-state index contributed by atoms with van der Waals surface area (Å²) in [5, 5.41) is 11.2. The van der Waals surface area contributed by atoms with E-state index in [1.165, 1.54) is 16.9 Å². The van der Waals surface area contributed by atoms with E-state index in [-0.39, 0.29) is 5.91 Å². The second-order valence-electron chi connectivity index (χ2n) is 5.65. The molecule has 24 heavy (non-hydrogen) atoms. The summed E-state index contributed by atoms with van der Waals surface area (Å²) in [6, 6.07) is 11.9. The molecule has 0 aliphatic carbocycles. The van der Waals surface area contributed by atoms with Gasteiger partial charge in [0.2, 0.25) is 0 Å². The number of hydrogen-bond acceptors (Lipinski definition) is 4. The first-order valence-electron chi connectivity index (χ1n) is 7.78. The molecule has 120 valence electrons. The summed E-state index contributed by atoms with van der Waals surface area (Å²) < 4.78 is 1.82. The van der Waals surface area contributed by atoms with Crippen molar-refractivity contribution in [2.45, 2.75) is 20.4 Å². The summed E-state index contributed by atoms with van der Waals surface area (Å²) in [5.74, 6) is 0.415. The molecule has 1 amide bonds. The van der Waals surface area contributed by atoms with Crippen LogP contribution in [-0.4, -0.2) is 20.7 Å². The van der Waals surface area contributed by atoms with Crippen LogP contribution in [0.25, 0.3) is 21.9 Å². The van der Waals surface area contributed by atoms with E-state index in [2.05, 4.69) is 23.4 Å². The monoisotopic (exact) mass is 336 g/mol. The van der Waals surface area contributed by atoms with Gasteiger partial charge in [-0.05, 0) is 43.5 Å². The van der Waals surface area contributed by atoms with Crippen molar-refractivity contribution < 1.29 is 4.79 Å². The van der Waals surface area contributed by atoms with Gasteiger partial charge in [-0.25, -0.2) is 9.67 Å². The van der Waals surface area contributed by atoms with E-state index in [9.17, 15) is 4.79 Å². The number of pyridine rings is 1. The highest BCUT2D eigenvalue weighted by atomic mass is 32.1. The Bertz CT molecular complexity index is 1050. The number of carbonyl (C=O) groups excluding carboxylic acids is 1. The molecule has 0 radical (unpaired) electrons. The minimum atomic E-state index is -0.142. The summed E-state index contributed by atoms with van der Waals surface area (Å²) in [7, 11) is 0. The van der Waals surface area contributed by atoms with Crippen LogP contribution < -0.4 is 5.32 Å². The molecule has 0 fully saturated rings. The van der Waals surface area contributed by atoms with Gasteiger partial charge in [-0.2, -0.15) is 5.10 Å². The molecular formula is C18H16N4OS. The van der Waals surface area contributed by atoms with Gasteiger partial charge in [-0.3, -0.25) is 4.79 Å². The molecule has 0 atom stereocenters. The largest absolute Gasteiger partial charge is 0.304 e. The first-order valence-corrected chi connectivity index (χ1v) is 8.66. The van der Waals surface area contributed by atoms with Crippen LogP contribution in [0, 0.1) is 6.92 Å². The number of aromatic nitrogens is 3. The fourth-order valence-corrected chi connectivity index (χ4v) is 3.39. The molecule has 5 nitrogen and oxygen atoms in total. The highest BCUT2D eigenvalue weighted by molar-refractivity contribution is 7.12. The first kappa shape index (κ1) is 14.8. The average Bonchev–Trinajstić information content (AvgIpc) is 3.21. The van der Waals surface area contributed by atoms with Crippen LogP contribution in [0.2, 0.25) is 0 Å². The molecule has 4 aromatic rings. The van der Waals surface area contributed by atoms with Gasteiger partial charge >= 0.3 is 0 Å². The Balaban J connectivity index is 1.86. The second kappa shape index (κ2) is 5.72. The van der Waals surface area contributed by atoms with Crippen molar-refractivity contribution in [3.05, 3.63) is 52.2 Å². The Labute approximate surface area is 142 Å². The molecule has 0 bridgehead atoms. The van der Waals surface area contributed by atoms with Crippen LogP contribution >= 0.6 is 11.3 Å². The highest BCUT2D eigenvalue weighted by Gasteiger charge is 2.16. The number of nitrogens with one attached hydrogen (secondary N) is 1. The zero-order chi connectivity index (χ0) is 16.7. The number of nitrogens with zero attached hydrogens (tertiary/aromatic N) is 3. The van der Waals surface area contributed by atoms with Crippen LogP contribution in [0.4, 0.5) is 5.82 Å². The molecule has 0 aliphatic rings. The Morgan fingerprint density at radius 3 is 2.92 bits per heavy atom. The van der Waals surface area contributed by atoms with Gasteiger partial charge in [0.1, 0.15) is 0 Å². The maximum atomic E-state index is 12.4. The van der Waals surface area contributed by atoms with Gasteiger partial charge < -0.3 is 5.32 Å². The third kappa shape index (κ3) is 2.45. The number of anilines is 1. The van der Waals surface area contributed by atoms with E-state index in [0.29, 0.717) is 17.2 Å². The van der Waals surface area contributed by atoms with Crippen molar-refractivity contribution in [1.82, 2.24) is 14.8 Å². The molecule has 3 aromatic heterocycles.